The molecule has 1 aromatic carbocycles. The molecule has 0 aliphatic heterocycles. The van der Waals surface area contributed by atoms with Gasteiger partial charge in [0.05, 0.1) is 6.10 Å². The fraction of sp³-hybridized carbons (Fsp3) is 0.588. The molecule has 1 atom stereocenters. The summed E-state index contributed by atoms with van der Waals surface area (Å²) in [6, 6.07) is 10.2. The molecule has 0 spiro atoms. The topological polar surface area (TPSA) is 45.7 Å². The molecule has 0 saturated heterocycles. The summed E-state index contributed by atoms with van der Waals surface area (Å²) in [5.74, 6) is 1.52. The molecule has 21 heavy (non-hydrogen) atoms. The highest BCUT2D eigenvalue weighted by Gasteiger charge is 2.11. The molecule has 1 aromatic rings. The minimum Gasteiger partial charge on any atom is -0.375 e. The number of methoxy groups -OCH3 is 1. The molecule has 1 rings (SSSR count). The van der Waals surface area contributed by atoms with Crippen molar-refractivity contribution in [1.82, 2.24) is 10.6 Å². The lowest BCUT2D eigenvalue weighted by atomic mass is 10.0. The number of benzene rings is 1. The van der Waals surface area contributed by atoms with Crippen molar-refractivity contribution < 1.29 is 4.74 Å². The first-order valence-electron chi connectivity index (χ1n) is 7.77. The van der Waals surface area contributed by atoms with Gasteiger partial charge < -0.3 is 15.4 Å². The molecule has 0 radical (unpaired) electrons. The lowest BCUT2D eigenvalue weighted by molar-refractivity contribution is 0.106. The van der Waals surface area contributed by atoms with Crippen molar-refractivity contribution in [2.45, 2.75) is 32.8 Å². The largest absolute Gasteiger partial charge is 0.375 e. The summed E-state index contributed by atoms with van der Waals surface area (Å²) in [6.45, 7) is 6.10. The molecule has 0 aromatic heterocycles. The van der Waals surface area contributed by atoms with Crippen LogP contribution in [0.15, 0.2) is 35.3 Å². The van der Waals surface area contributed by atoms with Crippen LogP contribution in [0, 0.1) is 5.92 Å². The zero-order valence-electron chi connectivity index (χ0n) is 13.7. The molecule has 1 unspecified atom stereocenters. The third-order valence-electron chi connectivity index (χ3n) is 3.85. The molecule has 2 N–H and O–H groups in total. The molecule has 0 amide bonds. The number of nitrogens with one attached hydrogen (secondary N) is 2. The first-order chi connectivity index (χ1) is 10.2. The Morgan fingerprint density at radius 2 is 1.71 bits per heavy atom. The smallest absolute Gasteiger partial charge is 0.191 e. The minimum atomic E-state index is 0.0258. The highest BCUT2D eigenvalue weighted by atomic mass is 16.5. The zero-order chi connectivity index (χ0) is 15.5. The second-order valence-electron chi connectivity index (χ2n) is 5.15. The summed E-state index contributed by atoms with van der Waals surface area (Å²) < 4.78 is 5.55. The van der Waals surface area contributed by atoms with E-state index in [-0.39, 0.29) is 6.10 Å². The lowest BCUT2D eigenvalue weighted by Crippen LogP contribution is -2.41. The van der Waals surface area contributed by atoms with E-state index in [1.54, 1.807) is 14.2 Å². The SMILES string of the molecule is CCC(CC)CNC(=NC)NCC(OC)c1ccccc1. The van der Waals surface area contributed by atoms with E-state index in [9.17, 15) is 0 Å². The number of guanidine groups is 1. The molecule has 118 valence electrons. The first-order valence-corrected chi connectivity index (χ1v) is 7.77. The van der Waals surface area contributed by atoms with Crippen molar-refractivity contribution in [1.29, 1.82) is 0 Å². The maximum Gasteiger partial charge on any atom is 0.191 e. The Hall–Kier alpha value is -1.55. The van der Waals surface area contributed by atoms with E-state index in [0.29, 0.717) is 12.5 Å². The molecule has 4 heteroatoms. The van der Waals surface area contributed by atoms with Gasteiger partial charge in [0.25, 0.3) is 0 Å². The van der Waals surface area contributed by atoms with Crippen molar-refractivity contribution in [3.8, 4) is 0 Å². The van der Waals surface area contributed by atoms with Crippen LogP contribution >= 0.6 is 0 Å². The number of nitrogens with zero attached hydrogens (tertiary/aromatic N) is 1. The van der Waals surface area contributed by atoms with Crippen LogP contribution in [0.2, 0.25) is 0 Å². The molecule has 0 aliphatic rings. The number of ether oxygens (including phenoxy) is 1. The predicted molar refractivity (Wildman–Crippen MR) is 89.6 cm³/mol. The van der Waals surface area contributed by atoms with Crippen LogP contribution in [0.1, 0.15) is 38.4 Å². The molecule has 0 fully saturated rings. The van der Waals surface area contributed by atoms with Gasteiger partial charge in [0.15, 0.2) is 5.96 Å². The first kappa shape index (κ1) is 17.5. The fourth-order valence-corrected chi connectivity index (χ4v) is 2.23. The van der Waals surface area contributed by atoms with Gasteiger partial charge in [-0.1, -0.05) is 57.0 Å². The number of hydrogen-bond donors (Lipinski definition) is 2. The highest BCUT2D eigenvalue weighted by molar-refractivity contribution is 5.79. The van der Waals surface area contributed by atoms with Gasteiger partial charge in [-0.05, 0) is 11.5 Å². The molecular weight excluding hydrogens is 262 g/mol. The second-order valence-corrected chi connectivity index (χ2v) is 5.15. The van der Waals surface area contributed by atoms with Crippen molar-refractivity contribution >= 4 is 5.96 Å². The van der Waals surface area contributed by atoms with Crippen LogP contribution in [-0.4, -0.2) is 33.2 Å². The Morgan fingerprint density at radius 1 is 1.10 bits per heavy atom. The van der Waals surface area contributed by atoms with Crippen LogP contribution in [0.5, 0.6) is 0 Å². The quantitative estimate of drug-likeness (QED) is 0.572. The van der Waals surface area contributed by atoms with Crippen LogP contribution in [-0.2, 0) is 4.74 Å². The molecule has 0 saturated carbocycles. The third kappa shape index (κ3) is 6.17. The monoisotopic (exact) mass is 291 g/mol. The maximum absolute atomic E-state index is 5.55. The van der Waals surface area contributed by atoms with Crippen molar-refractivity contribution in [2.75, 3.05) is 27.2 Å². The highest BCUT2D eigenvalue weighted by Crippen LogP contribution is 2.14. The van der Waals surface area contributed by atoms with Crippen LogP contribution < -0.4 is 10.6 Å². The molecule has 0 aliphatic carbocycles. The summed E-state index contributed by atoms with van der Waals surface area (Å²) in [5, 5.41) is 6.72. The van der Waals surface area contributed by atoms with Crippen LogP contribution in [0.3, 0.4) is 0 Å². The van der Waals surface area contributed by atoms with E-state index in [1.807, 2.05) is 18.2 Å². The molecular formula is C17H29N3O. The molecule has 0 bridgehead atoms. The third-order valence-corrected chi connectivity index (χ3v) is 3.85. The Balaban J connectivity index is 2.47. The van der Waals surface area contributed by atoms with E-state index in [2.05, 4.69) is 41.6 Å². The Kier molecular flexibility index (Phi) is 8.51. The van der Waals surface area contributed by atoms with Gasteiger partial charge in [-0.3, -0.25) is 4.99 Å². The van der Waals surface area contributed by atoms with Gasteiger partial charge >= 0.3 is 0 Å². The van der Waals surface area contributed by atoms with E-state index >= 15 is 0 Å². The number of rotatable bonds is 8. The average Bonchev–Trinajstić information content (AvgIpc) is 2.55. The van der Waals surface area contributed by atoms with Gasteiger partial charge in [-0.25, -0.2) is 0 Å². The van der Waals surface area contributed by atoms with E-state index < -0.39 is 0 Å². The molecule has 4 nitrogen and oxygen atoms in total. The predicted octanol–water partition coefficient (Wildman–Crippen LogP) is 2.98. The lowest BCUT2D eigenvalue weighted by Gasteiger charge is -2.20. The Morgan fingerprint density at radius 3 is 2.24 bits per heavy atom. The van der Waals surface area contributed by atoms with Crippen molar-refractivity contribution in [3.05, 3.63) is 35.9 Å². The van der Waals surface area contributed by atoms with Gasteiger partial charge in [-0.2, -0.15) is 0 Å². The Labute approximate surface area is 129 Å². The summed E-state index contributed by atoms with van der Waals surface area (Å²) in [7, 11) is 3.53. The van der Waals surface area contributed by atoms with E-state index in [1.165, 1.54) is 18.4 Å². The standard InChI is InChI=1S/C17H29N3O/c1-5-14(6-2)12-19-17(18-3)20-13-16(21-4)15-10-8-7-9-11-15/h7-11,14,16H,5-6,12-13H2,1-4H3,(H2,18,19,20). The summed E-state index contributed by atoms with van der Waals surface area (Å²) >= 11 is 0. The van der Waals surface area contributed by atoms with Gasteiger partial charge in [0.1, 0.15) is 0 Å². The van der Waals surface area contributed by atoms with Gasteiger partial charge in [0.2, 0.25) is 0 Å². The van der Waals surface area contributed by atoms with Crippen molar-refractivity contribution in [3.63, 3.8) is 0 Å². The van der Waals surface area contributed by atoms with E-state index in [0.717, 1.165) is 12.5 Å². The van der Waals surface area contributed by atoms with Gasteiger partial charge in [-0.15, -0.1) is 0 Å². The fourth-order valence-electron chi connectivity index (χ4n) is 2.23. The summed E-state index contributed by atoms with van der Waals surface area (Å²) in [4.78, 5) is 4.27. The van der Waals surface area contributed by atoms with E-state index in [4.69, 9.17) is 4.74 Å². The minimum absolute atomic E-state index is 0.0258. The second kappa shape index (κ2) is 10.2. The summed E-state index contributed by atoms with van der Waals surface area (Å²) in [6.07, 6.45) is 2.40. The average molecular weight is 291 g/mol. The van der Waals surface area contributed by atoms with Crippen molar-refractivity contribution in [2.24, 2.45) is 10.9 Å². The van der Waals surface area contributed by atoms with Crippen LogP contribution in [0.4, 0.5) is 0 Å². The van der Waals surface area contributed by atoms with Gasteiger partial charge in [0, 0.05) is 27.2 Å². The maximum atomic E-state index is 5.55. The van der Waals surface area contributed by atoms with Crippen LogP contribution in [0.25, 0.3) is 0 Å². The summed E-state index contributed by atoms with van der Waals surface area (Å²) in [5.41, 5.74) is 1.17. The normalized spacial score (nSPS) is 13.3. The molecule has 0 heterocycles. The zero-order valence-corrected chi connectivity index (χ0v) is 13.7. The number of hydrogen-bond acceptors (Lipinski definition) is 2. The Bertz CT molecular complexity index is 402. The number of aliphatic imine (C=N–C) groups is 1.